The second kappa shape index (κ2) is 20.4. The highest BCUT2D eigenvalue weighted by Crippen LogP contribution is 2.37. The maximum atomic E-state index is 14.8. The van der Waals surface area contributed by atoms with E-state index < -0.39 is 47.5 Å². The standard InChI is InChI=1S/C20H23ClFN5O2S.C13H18FN5O3S.C5H4.CH4/c1-4-27-19(23)26-20(2,12-30(27,29)24-3)15-9-13(5-7-16(15)22)10-18(28)17-8-6-14(21)11-25-17;1-4-18-12(15)17-13(2,8-23(18,22)16-3)10-7-9(19(20)21)5-6-11(10)14;1-3-5-4-2;/h5-9,11H,4,10,12H2,1-3H3,(H2,23,26);5-7H,4,8H2,1-3H3,(H2,15,17);1H,2H3;1H4/t20-,30?;13-,23?;;/m00../s1. The smallest absolute Gasteiger partial charge is 0.270 e. The molecule has 0 saturated carbocycles. The number of benzene rings is 2. The zero-order chi connectivity index (χ0) is 43.6. The van der Waals surface area contributed by atoms with Crippen molar-refractivity contribution in [3.05, 3.63) is 104 Å². The number of hydrogen-bond acceptors (Lipinski definition) is 12. The highest BCUT2D eigenvalue weighted by atomic mass is 35.5. The third-order valence-corrected chi connectivity index (χ3v) is 14.4. The van der Waals surface area contributed by atoms with Gasteiger partial charge in [0.25, 0.3) is 5.69 Å². The summed E-state index contributed by atoms with van der Waals surface area (Å²) in [7, 11) is -2.94. The van der Waals surface area contributed by atoms with Crippen molar-refractivity contribution in [1.29, 1.82) is 0 Å². The molecule has 2 unspecified atom stereocenters. The summed E-state index contributed by atoms with van der Waals surface area (Å²) in [6, 6.07) is 10.7. The van der Waals surface area contributed by atoms with E-state index >= 15 is 0 Å². The number of aromatic nitrogens is 1. The van der Waals surface area contributed by atoms with Crippen LogP contribution in [0.3, 0.4) is 0 Å². The Morgan fingerprint density at radius 2 is 1.44 bits per heavy atom. The number of hydrogen-bond donors (Lipinski definition) is 2. The van der Waals surface area contributed by atoms with Crippen LogP contribution < -0.4 is 11.5 Å². The molecule has 2 aliphatic rings. The number of guanidine groups is 2. The average molecular weight is 875 g/mol. The largest absolute Gasteiger partial charge is 0.369 e. The van der Waals surface area contributed by atoms with Crippen LogP contribution in [-0.2, 0) is 37.3 Å². The van der Waals surface area contributed by atoms with Crippen LogP contribution in [0.5, 0.6) is 0 Å². The number of halogens is 3. The molecule has 20 heteroatoms. The van der Waals surface area contributed by atoms with Crippen LogP contribution in [0.1, 0.15) is 69.2 Å². The van der Waals surface area contributed by atoms with Gasteiger partial charge in [0.05, 0.1) is 21.5 Å². The van der Waals surface area contributed by atoms with Crippen molar-refractivity contribution in [2.24, 2.45) is 30.2 Å². The van der Waals surface area contributed by atoms with Crippen LogP contribution in [0.4, 0.5) is 14.5 Å². The first-order chi connectivity index (χ1) is 27.2. The first-order valence-corrected chi connectivity index (χ1v) is 21.1. The normalized spacial score (nSPS) is 23.1. The van der Waals surface area contributed by atoms with Gasteiger partial charge in [-0.05, 0) is 82.4 Å². The predicted molar refractivity (Wildman–Crippen MR) is 231 cm³/mol. The number of carbonyl (C=O) groups excluding carboxylic acids is 1. The summed E-state index contributed by atoms with van der Waals surface area (Å²) < 4.78 is 66.2. The first-order valence-electron chi connectivity index (χ1n) is 17.5. The lowest BCUT2D eigenvalue weighted by Gasteiger charge is -2.38. The van der Waals surface area contributed by atoms with Crippen molar-refractivity contribution in [2.45, 2.75) is 59.5 Å². The second-order valence-corrected chi connectivity index (χ2v) is 18.0. The maximum absolute atomic E-state index is 14.8. The summed E-state index contributed by atoms with van der Waals surface area (Å²) in [5, 5.41) is 11.4. The van der Waals surface area contributed by atoms with Crippen LogP contribution in [-0.4, -0.2) is 83.3 Å². The highest BCUT2D eigenvalue weighted by molar-refractivity contribution is 7.92. The Hall–Kier alpha value is -5.63. The molecule has 2 aromatic carbocycles. The Bertz CT molecular complexity index is 2480. The summed E-state index contributed by atoms with van der Waals surface area (Å²) in [5.74, 6) is 5.56. The monoisotopic (exact) mass is 874 g/mol. The van der Waals surface area contributed by atoms with E-state index in [1.54, 1.807) is 52.8 Å². The molecule has 15 nitrogen and oxygen atoms in total. The first kappa shape index (κ1) is 49.5. The Labute approximate surface area is 350 Å². The number of nitro groups is 1. The molecule has 59 heavy (non-hydrogen) atoms. The molecule has 0 bridgehead atoms. The van der Waals surface area contributed by atoms with Gasteiger partial charge >= 0.3 is 0 Å². The number of nitrogens with zero attached hydrogens (tertiary/aromatic N) is 8. The highest BCUT2D eigenvalue weighted by Gasteiger charge is 2.43. The van der Waals surface area contributed by atoms with Crippen molar-refractivity contribution in [1.82, 2.24) is 13.6 Å². The van der Waals surface area contributed by atoms with Crippen LogP contribution in [0.15, 0.2) is 73.4 Å². The number of carbonyl (C=O) groups is 1. The zero-order valence-electron chi connectivity index (χ0n) is 33.0. The minimum atomic E-state index is -2.91. The fourth-order valence-electron chi connectivity index (χ4n) is 6.22. The van der Waals surface area contributed by atoms with Crippen LogP contribution in [0.25, 0.3) is 0 Å². The molecular formula is C39H49ClF2N10O5S2. The molecule has 3 aromatic rings. The molecule has 0 amide bonds. The van der Waals surface area contributed by atoms with Gasteiger partial charge in [0.2, 0.25) is 11.9 Å². The molecule has 4 atom stereocenters. The Morgan fingerprint density at radius 3 is 1.83 bits per heavy atom. The summed E-state index contributed by atoms with van der Waals surface area (Å²) in [6.07, 6.45) is 6.13. The molecule has 5 rings (SSSR count). The predicted octanol–water partition coefficient (Wildman–Crippen LogP) is 6.07. The molecule has 0 spiro atoms. The lowest BCUT2D eigenvalue weighted by Crippen LogP contribution is -2.52. The molecular weight excluding hydrogens is 826 g/mol. The number of nitrogens with two attached hydrogens (primary N) is 2. The zero-order valence-corrected chi connectivity index (χ0v) is 35.4. The van der Waals surface area contributed by atoms with E-state index in [2.05, 4.69) is 41.5 Å². The lowest BCUT2D eigenvalue weighted by molar-refractivity contribution is -0.385. The summed E-state index contributed by atoms with van der Waals surface area (Å²) in [4.78, 5) is 35.6. The number of ketones is 1. The number of Topliss-reactive ketones (excluding diaryl/α,β-unsaturated/α-hetero) is 1. The van der Waals surface area contributed by atoms with Gasteiger partial charge in [-0.3, -0.25) is 28.5 Å². The Balaban J connectivity index is 0.000000369. The maximum Gasteiger partial charge on any atom is 0.270 e. The molecule has 0 fully saturated rings. The van der Waals surface area contributed by atoms with E-state index in [-0.39, 0.29) is 65.6 Å². The number of rotatable bonds is 8. The second-order valence-electron chi connectivity index (χ2n) is 13.0. The van der Waals surface area contributed by atoms with E-state index in [0.29, 0.717) is 23.7 Å². The van der Waals surface area contributed by atoms with E-state index in [4.69, 9.17) is 29.5 Å². The molecule has 2 aliphatic heterocycles. The van der Waals surface area contributed by atoms with Crippen LogP contribution >= 0.6 is 11.6 Å². The fourth-order valence-corrected chi connectivity index (χ4v) is 10.7. The van der Waals surface area contributed by atoms with E-state index in [9.17, 15) is 32.1 Å². The summed E-state index contributed by atoms with van der Waals surface area (Å²) in [6.45, 7) is 9.17. The minimum absolute atomic E-state index is 0. The van der Waals surface area contributed by atoms with Crippen LogP contribution in [0.2, 0.25) is 5.02 Å². The van der Waals surface area contributed by atoms with Crippen molar-refractivity contribution in [2.75, 3.05) is 38.7 Å². The number of nitro benzene ring substituents is 1. The van der Waals surface area contributed by atoms with E-state index in [0.717, 1.165) is 18.2 Å². The summed E-state index contributed by atoms with van der Waals surface area (Å²) >= 11 is 5.81. The molecule has 0 saturated heterocycles. The molecule has 4 N–H and O–H groups in total. The molecule has 0 aliphatic carbocycles. The summed E-state index contributed by atoms with van der Waals surface area (Å²) in [5.41, 5.74) is 10.2. The average Bonchev–Trinajstić information content (AvgIpc) is 3.16. The van der Waals surface area contributed by atoms with Crippen molar-refractivity contribution in [3.63, 3.8) is 0 Å². The fraction of sp³-hybridized carbons (Fsp3) is 0.385. The van der Waals surface area contributed by atoms with Gasteiger partial charge in [0.1, 0.15) is 48.2 Å². The Morgan fingerprint density at radius 1 is 0.949 bits per heavy atom. The van der Waals surface area contributed by atoms with Crippen molar-refractivity contribution >= 4 is 54.8 Å². The van der Waals surface area contributed by atoms with Gasteiger partial charge < -0.3 is 11.5 Å². The van der Waals surface area contributed by atoms with Gasteiger partial charge in [-0.1, -0.05) is 31.0 Å². The third kappa shape index (κ3) is 11.3. The van der Waals surface area contributed by atoms with Gasteiger partial charge in [-0.15, -0.1) is 6.42 Å². The van der Waals surface area contributed by atoms with Gasteiger partial charge in [0, 0.05) is 63.1 Å². The van der Waals surface area contributed by atoms with Crippen molar-refractivity contribution in [3.8, 4) is 24.2 Å². The minimum Gasteiger partial charge on any atom is -0.369 e. The molecule has 3 heterocycles. The van der Waals surface area contributed by atoms with E-state index in [1.807, 2.05) is 0 Å². The number of pyridine rings is 1. The number of aliphatic imine (C=N–C) groups is 2. The number of terminal acetylenes is 1. The van der Waals surface area contributed by atoms with Crippen molar-refractivity contribution < 1.29 is 26.9 Å². The Kier molecular flexibility index (Phi) is 17.1. The third-order valence-electron chi connectivity index (χ3n) is 8.93. The van der Waals surface area contributed by atoms with E-state index in [1.165, 1.54) is 41.0 Å². The molecule has 1 aromatic heterocycles. The topological polar surface area (TPSA) is 215 Å². The van der Waals surface area contributed by atoms with Gasteiger partial charge in [-0.25, -0.2) is 35.9 Å². The SMILES string of the molecule is C.C#CC#CC.CCN1C(N)=N[C@](C)(c2cc(CC(=O)c3ccc(Cl)cn3)ccc2F)CS1(=O)=NC.CCN1C(N)=N[C@](C)(c2cc([N+](=O)[O-])ccc2F)CS1(=O)=NC. The van der Waals surface area contributed by atoms with Gasteiger partial charge in [0.15, 0.2) is 5.78 Å². The quantitative estimate of drug-likeness (QED) is 0.117. The van der Waals surface area contributed by atoms with Gasteiger partial charge in [-0.2, -0.15) is 0 Å². The number of non-ortho nitro benzene ring substituents is 1. The molecule has 0 radical (unpaired) electrons. The lowest BCUT2D eigenvalue weighted by atomic mass is 9.91. The molecule has 318 valence electrons. The van der Waals surface area contributed by atoms with Crippen LogP contribution in [0, 0.1) is 45.9 Å².